The number of nitrogens with zero attached hydrogens (tertiary/aromatic N) is 1. The maximum atomic E-state index is 12.6. The highest BCUT2D eigenvalue weighted by molar-refractivity contribution is 5.97. The van der Waals surface area contributed by atoms with E-state index in [9.17, 15) is 19.8 Å². The Hall–Kier alpha value is -2.74. The minimum absolute atomic E-state index is 0.0852. The fraction of sp³-hybridized carbons (Fsp3) is 0.417. The summed E-state index contributed by atoms with van der Waals surface area (Å²) in [6.45, 7) is 1.94. The largest absolute Gasteiger partial charge is 0.393 e. The molecule has 2 aromatic rings. The Bertz CT molecular complexity index is 923. The highest BCUT2D eigenvalue weighted by Crippen LogP contribution is 2.18. The van der Waals surface area contributed by atoms with E-state index in [0.717, 1.165) is 6.42 Å². The number of benzene rings is 2. The maximum Gasteiger partial charge on any atom is 0.253 e. The van der Waals surface area contributed by atoms with Crippen molar-refractivity contribution in [2.45, 2.75) is 44.1 Å². The molecule has 7 heteroatoms. The van der Waals surface area contributed by atoms with Gasteiger partial charge in [-0.25, -0.2) is 0 Å². The van der Waals surface area contributed by atoms with E-state index in [4.69, 9.17) is 0 Å². The first-order valence-corrected chi connectivity index (χ1v) is 10.8. The molecule has 2 amide bonds. The van der Waals surface area contributed by atoms with Gasteiger partial charge >= 0.3 is 0 Å². The number of aliphatic hydroxyl groups is 2. The Kier molecular flexibility index (Phi) is 6.65. The molecule has 2 atom stereocenters. The number of aliphatic hydroxyl groups excluding tert-OH is 2. The van der Waals surface area contributed by atoms with Gasteiger partial charge in [-0.2, -0.15) is 0 Å². The van der Waals surface area contributed by atoms with Crippen LogP contribution in [-0.4, -0.2) is 64.8 Å². The monoisotopic (exact) mass is 423 g/mol. The third kappa shape index (κ3) is 5.12. The van der Waals surface area contributed by atoms with Crippen molar-refractivity contribution in [1.82, 2.24) is 15.5 Å². The van der Waals surface area contributed by atoms with Gasteiger partial charge in [0.25, 0.3) is 11.8 Å². The Labute approximate surface area is 182 Å². The molecule has 4 rings (SSSR count). The van der Waals surface area contributed by atoms with Crippen LogP contribution in [-0.2, 0) is 13.0 Å². The first kappa shape index (κ1) is 21.5. The van der Waals surface area contributed by atoms with Gasteiger partial charge in [-0.05, 0) is 54.7 Å². The molecule has 0 spiro atoms. The van der Waals surface area contributed by atoms with Crippen LogP contribution in [0, 0.1) is 0 Å². The summed E-state index contributed by atoms with van der Waals surface area (Å²) in [4.78, 5) is 26.8. The molecule has 7 nitrogen and oxygen atoms in total. The van der Waals surface area contributed by atoms with E-state index in [-0.39, 0.29) is 30.5 Å². The topological polar surface area (TPSA) is 102 Å². The summed E-state index contributed by atoms with van der Waals surface area (Å²) in [7, 11) is 0. The summed E-state index contributed by atoms with van der Waals surface area (Å²) in [5.74, 6) is -0.367. The van der Waals surface area contributed by atoms with E-state index in [1.807, 2.05) is 12.1 Å². The molecule has 0 bridgehead atoms. The Morgan fingerprint density at radius 3 is 2.39 bits per heavy atom. The molecule has 2 aromatic carbocycles. The van der Waals surface area contributed by atoms with E-state index in [2.05, 4.69) is 22.8 Å². The predicted octanol–water partition coefficient (Wildman–Crippen LogP) is 1.09. The predicted molar refractivity (Wildman–Crippen MR) is 117 cm³/mol. The van der Waals surface area contributed by atoms with Crippen molar-refractivity contribution in [3.63, 3.8) is 0 Å². The first-order valence-electron chi connectivity index (χ1n) is 10.8. The highest BCUT2D eigenvalue weighted by Gasteiger charge is 2.25. The van der Waals surface area contributed by atoms with Gasteiger partial charge in [0.1, 0.15) is 0 Å². The average Bonchev–Trinajstić information content (AvgIpc) is 2.82. The molecular formula is C24H29N3O4. The number of rotatable bonds is 5. The van der Waals surface area contributed by atoms with Crippen molar-refractivity contribution in [1.29, 1.82) is 0 Å². The second kappa shape index (κ2) is 9.60. The van der Waals surface area contributed by atoms with Crippen LogP contribution < -0.4 is 10.6 Å². The molecule has 31 heavy (non-hydrogen) atoms. The summed E-state index contributed by atoms with van der Waals surface area (Å²) in [6.07, 6.45) is 0.875. The summed E-state index contributed by atoms with van der Waals surface area (Å²) in [6, 6.07) is 14.6. The average molecular weight is 424 g/mol. The van der Waals surface area contributed by atoms with Crippen LogP contribution in [0.4, 0.5) is 0 Å². The quantitative estimate of drug-likeness (QED) is 0.577. The van der Waals surface area contributed by atoms with Gasteiger partial charge in [-0.1, -0.05) is 24.3 Å². The summed E-state index contributed by atoms with van der Waals surface area (Å²) in [5.41, 5.74) is 3.43. The molecule has 1 fully saturated rings. The zero-order valence-electron chi connectivity index (χ0n) is 17.5. The molecule has 164 valence electrons. The molecule has 2 heterocycles. The zero-order valence-corrected chi connectivity index (χ0v) is 17.5. The van der Waals surface area contributed by atoms with Crippen molar-refractivity contribution in [3.8, 4) is 0 Å². The van der Waals surface area contributed by atoms with Crippen molar-refractivity contribution >= 4 is 11.8 Å². The van der Waals surface area contributed by atoms with Crippen molar-refractivity contribution in [2.24, 2.45) is 0 Å². The molecule has 0 aliphatic carbocycles. The molecule has 0 saturated carbocycles. The molecule has 0 radical (unpaired) electrons. The van der Waals surface area contributed by atoms with Crippen LogP contribution >= 0.6 is 0 Å². The second-order valence-corrected chi connectivity index (χ2v) is 8.34. The number of hydrogen-bond donors (Lipinski definition) is 4. The van der Waals surface area contributed by atoms with E-state index in [1.54, 1.807) is 29.2 Å². The minimum Gasteiger partial charge on any atom is -0.393 e. The Morgan fingerprint density at radius 2 is 1.68 bits per heavy atom. The molecule has 2 aliphatic heterocycles. The third-order valence-corrected chi connectivity index (χ3v) is 6.19. The van der Waals surface area contributed by atoms with Crippen molar-refractivity contribution in [3.05, 3.63) is 70.8 Å². The first-order chi connectivity index (χ1) is 15.0. The maximum absolute atomic E-state index is 12.6. The number of likely N-dealkylation sites (tertiary alicyclic amines) is 1. The number of amides is 2. The van der Waals surface area contributed by atoms with Crippen molar-refractivity contribution < 1.29 is 19.8 Å². The zero-order chi connectivity index (χ0) is 21.8. The summed E-state index contributed by atoms with van der Waals surface area (Å²) >= 11 is 0. The molecule has 0 unspecified atom stereocenters. The third-order valence-electron chi connectivity index (χ3n) is 6.19. The van der Waals surface area contributed by atoms with Crippen molar-refractivity contribution in [2.75, 3.05) is 19.6 Å². The lowest BCUT2D eigenvalue weighted by Gasteiger charge is -2.30. The number of carbonyl (C=O) groups is 2. The number of carbonyl (C=O) groups excluding carboxylic acids is 2. The van der Waals surface area contributed by atoms with Gasteiger partial charge in [0.05, 0.1) is 12.2 Å². The van der Waals surface area contributed by atoms with Gasteiger partial charge in [0, 0.05) is 43.3 Å². The Morgan fingerprint density at radius 1 is 1.03 bits per heavy atom. The number of hydrogen-bond acceptors (Lipinski definition) is 5. The number of piperidine rings is 1. The smallest absolute Gasteiger partial charge is 0.253 e. The van der Waals surface area contributed by atoms with Crippen LogP contribution in [0.3, 0.4) is 0 Å². The standard InChI is InChI=1S/C24H29N3O4/c28-20-9-11-27(12-10-20)24(31)17-7-5-16(6-8-17)23(30)26-15-22(29)21-13-18-3-1-2-4-19(18)14-25-21/h1-8,20-22,25,28-29H,9-15H2,(H,26,30)/t21-,22+/m0/s1. The molecule has 4 N–H and O–H groups in total. The van der Waals surface area contributed by atoms with E-state index >= 15 is 0 Å². The fourth-order valence-electron chi connectivity index (χ4n) is 4.21. The molecule has 0 aromatic heterocycles. The lowest BCUT2D eigenvalue weighted by Crippen LogP contribution is -2.49. The van der Waals surface area contributed by atoms with Crippen LogP contribution in [0.5, 0.6) is 0 Å². The SMILES string of the molecule is O=C(NC[C@@H](O)[C@@H]1Cc2ccccc2CN1)c1ccc(C(=O)N2CCC(O)CC2)cc1. The van der Waals surface area contributed by atoms with Gasteiger partial charge in [0.2, 0.25) is 0 Å². The normalized spacial score (nSPS) is 20.1. The van der Waals surface area contributed by atoms with E-state index in [0.29, 0.717) is 43.6 Å². The lowest BCUT2D eigenvalue weighted by molar-refractivity contribution is 0.0546. The van der Waals surface area contributed by atoms with Crippen LogP contribution in [0.15, 0.2) is 48.5 Å². The van der Waals surface area contributed by atoms with Crippen LogP contribution in [0.2, 0.25) is 0 Å². The lowest BCUT2D eigenvalue weighted by atomic mass is 9.93. The second-order valence-electron chi connectivity index (χ2n) is 8.34. The molecule has 1 saturated heterocycles. The minimum atomic E-state index is -0.701. The summed E-state index contributed by atoms with van der Waals surface area (Å²) < 4.78 is 0. The molecular weight excluding hydrogens is 394 g/mol. The number of nitrogens with one attached hydrogen (secondary N) is 2. The van der Waals surface area contributed by atoms with Crippen LogP contribution in [0.1, 0.15) is 44.7 Å². The van der Waals surface area contributed by atoms with E-state index in [1.165, 1.54) is 11.1 Å². The summed E-state index contributed by atoms with van der Waals surface area (Å²) in [5, 5.41) is 26.2. The number of fused-ring (bicyclic) bond motifs is 1. The molecule has 2 aliphatic rings. The fourth-order valence-corrected chi connectivity index (χ4v) is 4.21. The highest BCUT2D eigenvalue weighted by atomic mass is 16.3. The Balaban J connectivity index is 1.28. The van der Waals surface area contributed by atoms with Gasteiger partial charge < -0.3 is 25.7 Å². The van der Waals surface area contributed by atoms with E-state index < -0.39 is 6.10 Å². The van der Waals surface area contributed by atoms with Gasteiger partial charge in [0.15, 0.2) is 0 Å². The van der Waals surface area contributed by atoms with Gasteiger partial charge in [-0.15, -0.1) is 0 Å². The van der Waals surface area contributed by atoms with Gasteiger partial charge in [-0.3, -0.25) is 9.59 Å². The van der Waals surface area contributed by atoms with Crippen LogP contribution in [0.25, 0.3) is 0 Å².